The van der Waals surface area contributed by atoms with Crippen molar-refractivity contribution in [2.75, 3.05) is 0 Å². The van der Waals surface area contributed by atoms with Gasteiger partial charge in [-0.15, -0.1) is 0 Å². The highest BCUT2D eigenvalue weighted by molar-refractivity contribution is 5.66. The summed E-state index contributed by atoms with van der Waals surface area (Å²) in [6, 6.07) is 0. The van der Waals surface area contributed by atoms with Gasteiger partial charge in [0.05, 0.1) is 12.2 Å². The number of hydrogen-bond acceptors (Lipinski definition) is 3. The first-order valence-corrected chi connectivity index (χ1v) is 9.45. The first kappa shape index (κ1) is 24.1. The quantitative estimate of drug-likeness (QED) is 0.224. The molecule has 0 radical (unpaired) electrons. The standard InChI is InChI=1S/C22H34O4/c1-2-3-10-15-20(23)17-12-8-9-13-18-21(24)16-11-6-4-5-7-14-19-22(25)26/h3,6,8-13,17-18,20-21,23-24H,2,4-5,7,14-16,19H2,1H3,(H,25,26)/b9-8-,10-3-,11-6-,17-12+,18-13+/t20-,21-/m0/s1. The van der Waals surface area contributed by atoms with E-state index in [0.29, 0.717) is 12.8 Å². The van der Waals surface area contributed by atoms with Crippen LogP contribution in [0.2, 0.25) is 0 Å². The Labute approximate surface area is 157 Å². The van der Waals surface area contributed by atoms with Crippen molar-refractivity contribution in [2.45, 2.75) is 70.5 Å². The molecule has 0 aliphatic heterocycles. The fourth-order valence-corrected chi connectivity index (χ4v) is 2.14. The lowest BCUT2D eigenvalue weighted by Crippen LogP contribution is -1.99. The van der Waals surface area contributed by atoms with Crippen molar-refractivity contribution in [3.63, 3.8) is 0 Å². The fourth-order valence-electron chi connectivity index (χ4n) is 2.14. The van der Waals surface area contributed by atoms with E-state index in [1.807, 2.05) is 36.5 Å². The van der Waals surface area contributed by atoms with E-state index >= 15 is 0 Å². The largest absolute Gasteiger partial charge is 0.481 e. The Bertz CT molecular complexity index is 486. The Kier molecular flexibility index (Phi) is 16.6. The van der Waals surface area contributed by atoms with Crippen molar-refractivity contribution in [3.8, 4) is 0 Å². The number of hydrogen-bond donors (Lipinski definition) is 3. The van der Waals surface area contributed by atoms with E-state index in [2.05, 4.69) is 6.92 Å². The molecule has 0 saturated carbocycles. The number of carboxylic acids is 1. The summed E-state index contributed by atoms with van der Waals surface area (Å²) < 4.78 is 0. The number of aliphatic hydroxyl groups excluding tert-OH is 2. The highest BCUT2D eigenvalue weighted by Crippen LogP contribution is 2.05. The summed E-state index contributed by atoms with van der Waals surface area (Å²) in [5, 5.41) is 28.0. The molecule has 0 aromatic heterocycles. The minimum Gasteiger partial charge on any atom is -0.481 e. The van der Waals surface area contributed by atoms with Gasteiger partial charge in [0.25, 0.3) is 0 Å². The molecule has 3 N–H and O–H groups in total. The molecule has 0 unspecified atom stereocenters. The molecule has 0 bridgehead atoms. The average Bonchev–Trinajstić information content (AvgIpc) is 2.60. The number of carboxylic acid groups (broad SMARTS) is 1. The molecule has 0 saturated heterocycles. The predicted molar refractivity (Wildman–Crippen MR) is 108 cm³/mol. The SMILES string of the molecule is CC/C=C\C[C@H](O)/C=C/C=C\C=C\[C@@H](O)C/C=C\CCCCCC(=O)O. The van der Waals surface area contributed by atoms with Gasteiger partial charge in [0.15, 0.2) is 0 Å². The van der Waals surface area contributed by atoms with Crippen LogP contribution in [0.3, 0.4) is 0 Å². The summed E-state index contributed by atoms with van der Waals surface area (Å²) >= 11 is 0. The number of aliphatic carboxylic acids is 1. The summed E-state index contributed by atoms with van der Waals surface area (Å²) in [5.74, 6) is -0.736. The van der Waals surface area contributed by atoms with Crippen LogP contribution in [0, 0.1) is 0 Å². The molecule has 0 aromatic rings. The smallest absolute Gasteiger partial charge is 0.303 e. The summed E-state index contributed by atoms with van der Waals surface area (Å²) in [7, 11) is 0. The Morgan fingerprint density at radius 3 is 1.92 bits per heavy atom. The van der Waals surface area contributed by atoms with Gasteiger partial charge in [-0.05, 0) is 38.5 Å². The Balaban J connectivity index is 3.78. The number of allylic oxidation sites excluding steroid dienone is 6. The highest BCUT2D eigenvalue weighted by Gasteiger charge is 1.96. The second-order valence-corrected chi connectivity index (χ2v) is 6.10. The Hall–Kier alpha value is -1.91. The summed E-state index contributed by atoms with van der Waals surface area (Å²) in [4.78, 5) is 10.4. The summed E-state index contributed by atoms with van der Waals surface area (Å²) in [5.41, 5.74) is 0. The molecule has 4 heteroatoms. The van der Waals surface area contributed by atoms with Crippen molar-refractivity contribution in [1.29, 1.82) is 0 Å². The number of carbonyl (C=O) groups is 1. The second kappa shape index (κ2) is 17.9. The first-order valence-electron chi connectivity index (χ1n) is 9.45. The van der Waals surface area contributed by atoms with E-state index in [-0.39, 0.29) is 6.42 Å². The maximum atomic E-state index is 10.4. The van der Waals surface area contributed by atoms with Crippen molar-refractivity contribution in [3.05, 3.63) is 60.8 Å². The van der Waals surface area contributed by atoms with Crippen molar-refractivity contribution in [2.24, 2.45) is 0 Å². The fraction of sp³-hybridized carbons (Fsp3) is 0.500. The molecule has 4 nitrogen and oxygen atoms in total. The second-order valence-electron chi connectivity index (χ2n) is 6.10. The minimum atomic E-state index is -0.736. The van der Waals surface area contributed by atoms with Crippen LogP contribution in [0.1, 0.15) is 58.3 Å². The van der Waals surface area contributed by atoms with Gasteiger partial charge in [0.2, 0.25) is 0 Å². The third-order valence-corrected chi connectivity index (χ3v) is 3.59. The molecular weight excluding hydrogens is 328 g/mol. The number of unbranched alkanes of at least 4 members (excludes halogenated alkanes) is 3. The summed E-state index contributed by atoms with van der Waals surface area (Å²) in [6.45, 7) is 2.06. The highest BCUT2D eigenvalue weighted by atomic mass is 16.4. The molecule has 0 aliphatic rings. The zero-order valence-corrected chi connectivity index (χ0v) is 15.8. The van der Waals surface area contributed by atoms with E-state index in [1.54, 1.807) is 24.3 Å². The topological polar surface area (TPSA) is 77.8 Å². The monoisotopic (exact) mass is 362 g/mol. The van der Waals surface area contributed by atoms with E-state index in [1.165, 1.54) is 0 Å². The lowest BCUT2D eigenvalue weighted by atomic mass is 10.1. The minimum absolute atomic E-state index is 0.241. The zero-order chi connectivity index (χ0) is 19.5. The predicted octanol–water partition coefficient (Wildman–Crippen LogP) is 4.71. The number of aliphatic hydroxyl groups is 2. The molecule has 0 aliphatic carbocycles. The van der Waals surface area contributed by atoms with Crippen LogP contribution in [-0.4, -0.2) is 33.5 Å². The Morgan fingerprint density at radius 1 is 0.808 bits per heavy atom. The third kappa shape index (κ3) is 18.4. The van der Waals surface area contributed by atoms with Gasteiger partial charge in [-0.3, -0.25) is 4.79 Å². The van der Waals surface area contributed by atoms with Crippen LogP contribution in [0.5, 0.6) is 0 Å². The van der Waals surface area contributed by atoms with Crippen molar-refractivity contribution in [1.82, 2.24) is 0 Å². The molecule has 146 valence electrons. The van der Waals surface area contributed by atoms with Gasteiger partial charge in [-0.25, -0.2) is 0 Å². The maximum Gasteiger partial charge on any atom is 0.303 e. The van der Waals surface area contributed by atoms with Crippen LogP contribution in [-0.2, 0) is 4.79 Å². The molecular formula is C22H34O4. The molecule has 0 fully saturated rings. The molecule has 0 spiro atoms. The molecule has 26 heavy (non-hydrogen) atoms. The molecule has 0 amide bonds. The number of rotatable bonds is 15. The van der Waals surface area contributed by atoms with Crippen LogP contribution in [0.15, 0.2) is 60.8 Å². The zero-order valence-electron chi connectivity index (χ0n) is 15.8. The van der Waals surface area contributed by atoms with Gasteiger partial charge in [0, 0.05) is 6.42 Å². The van der Waals surface area contributed by atoms with Gasteiger partial charge in [-0.2, -0.15) is 0 Å². The molecule has 2 atom stereocenters. The molecule has 0 aromatic carbocycles. The van der Waals surface area contributed by atoms with E-state index in [9.17, 15) is 15.0 Å². The Morgan fingerprint density at radius 2 is 1.38 bits per heavy atom. The van der Waals surface area contributed by atoms with E-state index < -0.39 is 18.2 Å². The lowest BCUT2D eigenvalue weighted by molar-refractivity contribution is -0.137. The average molecular weight is 363 g/mol. The third-order valence-electron chi connectivity index (χ3n) is 3.59. The molecule has 0 rings (SSSR count). The van der Waals surface area contributed by atoms with E-state index in [0.717, 1.165) is 32.1 Å². The van der Waals surface area contributed by atoms with Crippen LogP contribution >= 0.6 is 0 Å². The first-order chi connectivity index (χ1) is 12.6. The van der Waals surface area contributed by atoms with Crippen LogP contribution in [0.25, 0.3) is 0 Å². The van der Waals surface area contributed by atoms with E-state index in [4.69, 9.17) is 5.11 Å². The van der Waals surface area contributed by atoms with Gasteiger partial charge < -0.3 is 15.3 Å². The van der Waals surface area contributed by atoms with Gasteiger partial charge in [-0.1, -0.05) is 74.1 Å². The summed E-state index contributed by atoms with van der Waals surface area (Å²) in [6.07, 6.45) is 23.6. The van der Waals surface area contributed by atoms with Crippen LogP contribution < -0.4 is 0 Å². The van der Waals surface area contributed by atoms with Crippen molar-refractivity contribution < 1.29 is 20.1 Å². The van der Waals surface area contributed by atoms with Crippen molar-refractivity contribution >= 4 is 5.97 Å². The lowest BCUT2D eigenvalue weighted by Gasteiger charge is -2.00. The molecule has 0 heterocycles. The normalized spacial score (nSPS) is 15.2. The van der Waals surface area contributed by atoms with Gasteiger partial charge >= 0.3 is 5.97 Å². The van der Waals surface area contributed by atoms with Gasteiger partial charge in [0.1, 0.15) is 0 Å². The van der Waals surface area contributed by atoms with Crippen LogP contribution in [0.4, 0.5) is 0 Å². The maximum absolute atomic E-state index is 10.4.